The van der Waals surface area contributed by atoms with Crippen molar-refractivity contribution in [2.24, 2.45) is 0 Å². The molecule has 0 radical (unpaired) electrons. The second kappa shape index (κ2) is 4.39. The van der Waals surface area contributed by atoms with Gasteiger partial charge in [0.2, 0.25) is 0 Å². The summed E-state index contributed by atoms with van der Waals surface area (Å²) in [6, 6.07) is 1.30. The molecule has 1 aromatic rings. The topological polar surface area (TPSA) is 21.1 Å². The highest BCUT2D eigenvalue weighted by atomic mass is 15.3. The van der Waals surface area contributed by atoms with E-state index in [1.165, 1.54) is 31.4 Å². The van der Waals surface area contributed by atoms with E-state index in [1.54, 1.807) is 0 Å². The zero-order chi connectivity index (χ0) is 10.8. The van der Waals surface area contributed by atoms with Crippen LogP contribution in [0.15, 0.2) is 12.4 Å². The first kappa shape index (κ1) is 10.7. The number of piperidine rings is 1. The van der Waals surface area contributed by atoms with Crippen LogP contribution < -0.4 is 5.46 Å². The standard InChI is InChI=1S/C11H20BN3/c1-9(2)14-5-3-11(4-6-14)15-8-10(12)7-13-15/h7-9,11H,3-6,12H2,1-2H3. The maximum Gasteiger partial charge on any atom is 0.143 e. The molecule has 3 nitrogen and oxygen atoms in total. The quantitative estimate of drug-likeness (QED) is 0.642. The summed E-state index contributed by atoms with van der Waals surface area (Å²) in [5.74, 6) is 0. The molecule has 0 aliphatic carbocycles. The monoisotopic (exact) mass is 205 g/mol. The van der Waals surface area contributed by atoms with Gasteiger partial charge in [-0.3, -0.25) is 4.68 Å². The number of hydrogen-bond donors (Lipinski definition) is 0. The lowest BCUT2D eigenvalue weighted by Crippen LogP contribution is -2.39. The third kappa shape index (κ3) is 2.43. The number of rotatable bonds is 2. The first-order chi connectivity index (χ1) is 7.16. The Labute approximate surface area is 92.9 Å². The number of hydrogen-bond acceptors (Lipinski definition) is 2. The summed E-state index contributed by atoms with van der Waals surface area (Å²) >= 11 is 0. The number of aromatic nitrogens is 2. The van der Waals surface area contributed by atoms with Gasteiger partial charge in [0.1, 0.15) is 7.85 Å². The Balaban J connectivity index is 1.93. The predicted molar refractivity (Wildman–Crippen MR) is 65.4 cm³/mol. The molecule has 2 rings (SSSR count). The van der Waals surface area contributed by atoms with Gasteiger partial charge in [-0.05, 0) is 26.7 Å². The zero-order valence-electron chi connectivity index (χ0n) is 9.98. The molecule has 0 spiro atoms. The Morgan fingerprint density at radius 3 is 2.53 bits per heavy atom. The Morgan fingerprint density at radius 2 is 2.07 bits per heavy atom. The maximum absolute atomic E-state index is 4.41. The summed E-state index contributed by atoms with van der Waals surface area (Å²) in [7, 11) is 2.10. The van der Waals surface area contributed by atoms with E-state index in [-0.39, 0.29) is 0 Å². The highest BCUT2D eigenvalue weighted by molar-refractivity contribution is 6.31. The average molecular weight is 205 g/mol. The Kier molecular flexibility index (Phi) is 3.15. The SMILES string of the molecule is Bc1cnn(C2CCN(C(C)C)CC2)c1. The average Bonchev–Trinajstić information content (AvgIpc) is 2.65. The van der Waals surface area contributed by atoms with Crippen molar-refractivity contribution in [2.45, 2.75) is 38.8 Å². The molecule has 0 unspecified atom stereocenters. The van der Waals surface area contributed by atoms with Crippen LogP contribution in [-0.4, -0.2) is 41.7 Å². The second-order valence-electron chi connectivity index (χ2n) is 4.86. The summed E-state index contributed by atoms with van der Waals surface area (Å²) in [6.45, 7) is 6.97. The van der Waals surface area contributed by atoms with E-state index in [9.17, 15) is 0 Å². The van der Waals surface area contributed by atoms with Crippen molar-refractivity contribution < 1.29 is 0 Å². The van der Waals surface area contributed by atoms with Gasteiger partial charge < -0.3 is 4.90 Å². The molecular formula is C11H20BN3. The molecule has 0 saturated carbocycles. The van der Waals surface area contributed by atoms with Gasteiger partial charge in [-0.25, -0.2) is 0 Å². The van der Waals surface area contributed by atoms with Crippen LogP contribution in [0.25, 0.3) is 0 Å². The minimum Gasteiger partial charge on any atom is -0.301 e. The molecule has 0 bridgehead atoms. The molecule has 82 valence electrons. The molecule has 1 saturated heterocycles. The summed E-state index contributed by atoms with van der Waals surface area (Å²) in [6.07, 6.45) is 6.59. The van der Waals surface area contributed by atoms with Gasteiger partial charge in [0, 0.05) is 31.5 Å². The Hall–Kier alpha value is -0.765. The van der Waals surface area contributed by atoms with Crippen molar-refractivity contribution in [1.82, 2.24) is 14.7 Å². The van der Waals surface area contributed by atoms with Gasteiger partial charge in [0.15, 0.2) is 0 Å². The van der Waals surface area contributed by atoms with Crippen LogP contribution in [0.1, 0.15) is 32.7 Å². The van der Waals surface area contributed by atoms with Crippen LogP contribution in [0.4, 0.5) is 0 Å². The van der Waals surface area contributed by atoms with E-state index < -0.39 is 0 Å². The van der Waals surface area contributed by atoms with E-state index in [4.69, 9.17) is 0 Å². The lowest BCUT2D eigenvalue weighted by Gasteiger charge is -2.34. The fraction of sp³-hybridized carbons (Fsp3) is 0.727. The van der Waals surface area contributed by atoms with Crippen molar-refractivity contribution in [1.29, 1.82) is 0 Å². The fourth-order valence-electron chi connectivity index (χ4n) is 2.30. The normalized spacial score (nSPS) is 19.9. The first-order valence-electron chi connectivity index (χ1n) is 5.91. The largest absolute Gasteiger partial charge is 0.301 e. The second-order valence-corrected chi connectivity index (χ2v) is 4.86. The van der Waals surface area contributed by atoms with Crippen LogP contribution >= 0.6 is 0 Å². The van der Waals surface area contributed by atoms with E-state index >= 15 is 0 Å². The van der Waals surface area contributed by atoms with E-state index in [2.05, 4.69) is 42.6 Å². The molecule has 2 heterocycles. The zero-order valence-corrected chi connectivity index (χ0v) is 9.98. The summed E-state index contributed by atoms with van der Waals surface area (Å²) in [5, 5.41) is 4.41. The van der Waals surface area contributed by atoms with Gasteiger partial charge >= 0.3 is 0 Å². The summed E-state index contributed by atoms with van der Waals surface area (Å²) < 4.78 is 2.15. The van der Waals surface area contributed by atoms with Crippen LogP contribution in [0.3, 0.4) is 0 Å². The van der Waals surface area contributed by atoms with Crippen molar-refractivity contribution in [3.8, 4) is 0 Å². The van der Waals surface area contributed by atoms with Gasteiger partial charge in [0.05, 0.1) is 6.04 Å². The highest BCUT2D eigenvalue weighted by Crippen LogP contribution is 2.22. The predicted octanol–water partition coefficient (Wildman–Crippen LogP) is 0.187. The van der Waals surface area contributed by atoms with E-state index in [0.717, 1.165) is 0 Å². The first-order valence-corrected chi connectivity index (χ1v) is 5.91. The maximum atomic E-state index is 4.41. The van der Waals surface area contributed by atoms with Crippen molar-refractivity contribution in [3.63, 3.8) is 0 Å². The Morgan fingerprint density at radius 1 is 1.40 bits per heavy atom. The third-order valence-corrected chi connectivity index (χ3v) is 3.33. The molecule has 15 heavy (non-hydrogen) atoms. The molecule has 4 heteroatoms. The van der Waals surface area contributed by atoms with Crippen LogP contribution in [0, 0.1) is 0 Å². The van der Waals surface area contributed by atoms with Gasteiger partial charge in [-0.15, -0.1) is 0 Å². The smallest absolute Gasteiger partial charge is 0.143 e. The molecule has 0 N–H and O–H groups in total. The minimum absolute atomic E-state index is 0.619. The fourth-order valence-corrected chi connectivity index (χ4v) is 2.30. The van der Waals surface area contributed by atoms with Gasteiger partial charge in [0.25, 0.3) is 0 Å². The molecule has 1 fully saturated rings. The molecule has 0 atom stereocenters. The summed E-state index contributed by atoms with van der Waals surface area (Å²) in [5.41, 5.74) is 1.27. The van der Waals surface area contributed by atoms with Gasteiger partial charge in [-0.1, -0.05) is 5.46 Å². The van der Waals surface area contributed by atoms with Crippen molar-refractivity contribution in [3.05, 3.63) is 12.4 Å². The molecule has 1 aromatic heterocycles. The molecule has 0 amide bonds. The van der Waals surface area contributed by atoms with Gasteiger partial charge in [-0.2, -0.15) is 5.10 Å². The van der Waals surface area contributed by atoms with E-state index in [1.807, 2.05) is 6.20 Å². The summed E-state index contributed by atoms with van der Waals surface area (Å²) in [4.78, 5) is 2.55. The third-order valence-electron chi connectivity index (χ3n) is 3.33. The highest BCUT2D eigenvalue weighted by Gasteiger charge is 2.21. The minimum atomic E-state index is 0.619. The lowest BCUT2D eigenvalue weighted by molar-refractivity contribution is 0.147. The van der Waals surface area contributed by atoms with Crippen LogP contribution in [0.5, 0.6) is 0 Å². The lowest BCUT2D eigenvalue weighted by atomic mass is 10.0. The Bertz CT molecular complexity index is 313. The van der Waals surface area contributed by atoms with Crippen molar-refractivity contribution >= 4 is 13.3 Å². The van der Waals surface area contributed by atoms with Crippen LogP contribution in [-0.2, 0) is 0 Å². The van der Waals surface area contributed by atoms with E-state index in [0.29, 0.717) is 12.1 Å². The molecule has 1 aliphatic rings. The molecule has 1 aliphatic heterocycles. The molecular weight excluding hydrogens is 185 g/mol. The van der Waals surface area contributed by atoms with Crippen molar-refractivity contribution in [2.75, 3.05) is 13.1 Å². The molecule has 0 aromatic carbocycles. The van der Waals surface area contributed by atoms with Crippen LogP contribution in [0.2, 0.25) is 0 Å². The number of nitrogens with zero attached hydrogens (tertiary/aromatic N) is 3. The number of likely N-dealkylation sites (tertiary alicyclic amines) is 1.